The molecular weight excluding hydrogens is 214 g/mol. The van der Waals surface area contributed by atoms with Crippen molar-refractivity contribution in [1.29, 1.82) is 0 Å². The monoisotopic (exact) mass is 235 g/mol. The Labute approximate surface area is 103 Å². The minimum absolute atomic E-state index is 0.280. The zero-order valence-electron chi connectivity index (χ0n) is 10.4. The standard InChI is InChI=1S/C14H21NO2/c1-2-8-15-12-5-3-6-13(10-12)17-11-14-7-4-9-16-14/h3,5-6,10,14-15H,2,4,7-9,11H2,1H3. The molecule has 1 heterocycles. The van der Waals surface area contributed by atoms with Crippen LogP contribution in [0.25, 0.3) is 0 Å². The van der Waals surface area contributed by atoms with Crippen molar-refractivity contribution in [2.45, 2.75) is 32.3 Å². The summed E-state index contributed by atoms with van der Waals surface area (Å²) in [5.41, 5.74) is 1.12. The van der Waals surface area contributed by atoms with Crippen molar-refractivity contribution < 1.29 is 9.47 Å². The molecule has 94 valence electrons. The lowest BCUT2D eigenvalue weighted by Gasteiger charge is -2.12. The number of anilines is 1. The molecule has 1 aromatic carbocycles. The van der Waals surface area contributed by atoms with Crippen LogP contribution < -0.4 is 10.1 Å². The second kappa shape index (κ2) is 6.50. The van der Waals surface area contributed by atoms with Crippen molar-refractivity contribution in [3.63, 3.8) is 0 Å². The number of hydrogen-bond donors (Lipinski definition) is 1. The van der Waals surface area contributed by atoms with E-state index < -0.39 is 0 Å². The Morgan fingerprint density at radius 3 is 3.18 bits per heavy atom. The summed E-state index contributed by atoms with van der Waals surface area (Å²) in [4.78, 5) is 0. The molecule has 1 unspecified atom stereocenters. The van der Waals surface area contributed by atoms with Gasteiger partial charge < -0.3 is 14.8 Å². The Kier molecular flexibility index (Phi) is 4.68. The normalized spacial score (nSPS) is 19.2. The number of hydrogen-bond acceptors (Lipinski definition) is 3. The number of rotatable bonds is 6. The van der Waals surface area contributed by atoms with Crippen molar-refractivity contribution in [2.24, 2.45) is 0 Å². The first kappa shape index (κ1) is 12.2. The summed E-state index contributed by atoms with van der Waals surface area (Å²) in [7, 11) is 0. The van der Waals surface area contributed by atoms with Crippen LogP contribution in [-0.2, 0) is 4.74 Å². The van der Waals surface area contributed by atoms with Crippen LogP contribution in [0.4, 0.5) is 5.69 Å². The van der Waals surface area contributed by atoms with Gasteiger partial charge in [-0.15, -0.1) is 0 Å². The molecule has 1 atom stereocenters. The van der Waals surface area contributed by atoms with Gasteiger partial charge in [-0.1, -0.05) is 13.0 Å². The van der Waals surface area contributed by atoms with Gasteiger partial charge in [0.25, 0.3) is 0 Å². The Morgan fingerprint density at radius 2 is 2.41 bits per heavy atom. The van der Waals surface area contributed by atoms with Crippen LogP contribution in [0.3, 0.4) is 0 Å². The van der Waals surface area contributed by atoms with Crippen LogP contribution in [-0.4, -0.2) is 25.9 Å². The fraction of sp³-hybridized carbons (Fsp3) is 0.571. The predicted octanol–water partition coefficient (Wildman–Crippen LogP) is 3.07. The third kappa shape index (κ3) is 3.93. The molecule has 0 aliphatic carbocycles. The van der Waals surface area contributed by atoms with E-state index in [1.807, 2.05) is 18.2 Å². The molecule has 0 saturated carbocycles. The van der Waals surface area contributed by atoms with Crippen LogP contribution in [0, 0.1) is 0 Å². The molecule has 17 heavy (non-hydrogen) atoms. The third-order valence-electron chi connectivity index (χ3n) is 2.87. The molecule has 1 aromatic rings. The number of nitrogens with one attached hydrogen (secondary N) is 1. The van der Waals surface area contributed by atoms with Crippen LogP contribution in [0.1, 0.15) is 26.2 Å². The first-order valence-electron chi connectivity index (χ1n) is 6.47. The van der Waals surface area contributed by atoms with Gasteiger partial charge in [0, 0.05) is 24.9 Å². The second-order valence-electron chi connectivity index (χ2n) is 4.40. The molecular formula is C14H21NO2. The molecule has 1 N–H and O–H groups in total. The Morgan fingerprint density at radius 1 is 1.47 bits per heavy atom. The average molecular weight is 235 g/mol. The van der Waals surface area contributed by atoms with E-state index in [0.29, 0.717) is 6.61 Å². The van der Waals surface area contributed by atoms with Crippen molar-refractivity contribution in [2.75, 3.05) is 25.1 Å². The van der Waals surface area contributed by atoms with E-state index in [9.17, 15) is 0 Å². The van der Waals surface area contributed by atoms with Crippen LogP contribution in [0.15, 0.2) is 24.3 Å². The molecule has 0 spiro atoms. The first-order valence-corrected chi connectivity index (χ1v) is 6.47. The largest absolute Gasteiger partial charge is 0.491 e. The highest BCUT2D eigenvalue weighted by Crippen LogP contribution is 2.19. The SMILES string of the molecule is CCCNc1cccc(OCC2CCCO2)c1. The van der Waals surface area contributed by atoms with Gasteiger partial charge in [0.2, 0.25) is 0 Å². The predicted molar refractivity (Wildman–Crippen MR) is 69.7 cm³/mol. The molecule has 1 aliphatic heterocycles. The zero-order valence-corrected chi connectivity index (χ0v) is 10.4. The highest BCUT2D eigenvalue weighted by Gasteiger charge is 2.15. The van der Waals surface area contributed by atoms with E-state index in [1.165, 1.54) is 0 Å². The van der Waals surface area contributed by atoms with E-state index >= 15 is 0 Å². The minimum atomic E-state index is 0.280. The number of ether oxygens (including phenoxy) is 2. The van der Waals surface area contributed by atoms with Gasteiger partial charge in [-0.05, 0) is 31.4 Å². The Bertz CT molecular complexity index is 335. The lowest BCUT2D eigenvalue weighted by molar-refractivity contribution is 0.0680. The number of benzene rings is 1. The minimum Gasteiger partial charge on any atom is -0.491 e. The molecule has 2 rings (SSSR count). The summed E-state index contributed by atoms with van der Waals surface area (Å²) >= 11 is 0. The maximum Gasteiger partial charge on any atom is 0.121 e. The summed E-state index contributed by atoms with van der Waals surface area (Å²) < 4.78 is 11.3. The molecule has 1 saturated heterocycles. The van der Waals surface area contributed by atoms with E-state index in [0.717, 1.165) is 43.9 Å². The fourth-order valence-corrected chi connectivity index (χ4v) is 1.93. The van der Waals surface area contributed by atoms with Gasteiger partial charge in [-0.3, -0.25) is 0 Å². The molecule has 0 bridgehead atoms. The van der Waals surface area contributed by atoms with E-state index in [2.05, 4.69) is 18.3 Å². The average Bonchev–Trinajstić information content (AvgIpc) is 2.87. The van der Waals surface area contributed by atoms with Crippen LogP contribution in [0.2, 0.25) is 0 Å². The summed E-state index contributed by atoms with van der Waals surface area (Å²) in [6.07, 6.45) is 3.68. The maximum atomic E-state index is 5.75. The fourth-order valence-electron chi connectivity index (χ4n) is 1.93. The van der Waals surface area contributed by atoms with Gasteiger partial charge in [-0.25, -0.2) is 0 Å². The van der Waals surface area contributed by atoms with Crippen molar-refractivity contribution >= 4 is 5.69 Å². The van der Waals surface area contributed by atoms with Crippen molar-refractivity contribution in [3.8, 4) is 5.75 Å². The topological polar surface area (TPSA) is 30.5 Å². The lowest BCUT2D eigenvalue weighted by atomic mass is 10.2. The third-order valence-corrected chi connectivity index (χ3v) is 2.87. The van der Waals surface area contributed by atoms with Gasteiger partial charge >= 0.3 is 0 Å². The smallest absolute Gasteiger partial charge is 0.121 e. The maximum absolute atomic E-state index is 5.75. The van der Waals surface area contributed by atoms with E-state index in [4.69, 9.17) is 9.47 Å². The zero-order chi connectivity index (χ0) is 11.9. The molecule has 0 amide bonds. The molecule has 0 aromatic heterocycles. The molecule has 3 nitrogen and oxygen atoms in total. The first-order chi connectivity index (χ1) is 8.38. The van der Waals surface area contributed by atoms with Crippen LogP contribution in [0.5, 0.6) is 5.75 Å². The van der Waals surface area contributed by atoms with E-state index in [-0.39, 0.29) is 6.10 Å². The van der Waals surface area contributed by atoms with Gasteiger partial charge in [-0.2, -0.15) is 0 Å². The van der Waals surface area contributed by atoms with Gasteiger partial charge in [0.05, 0.1) is 6.10 Å². The van der Waals surface area contributed by atoms with Gasteiger partial charge in [0.15, 0.2) is 0 Å². The molecule has 0 radical (unpaired) electrons. The lowest BCUT2D eigenvalue weighted by Crippen LogP contribution is -2.16. The highest BCUT2D eigenvalue weighted by atomic mass is 16.5. The van der Waals surface area contributed by atoms with Crippen molar-refractivity contribution in [1.82, 2.24) is 0 Å². The van der Waals surface area contributed by atoms with Crippen molar-refractivity contribution in [3.05, 3.63) is 24.3 Å². The quantitative estimate of drug-likeness (QED) is 0.822. The highest BCUT2D eigenvalue weighted by molar-refractivity contribution is 5.48. The summed E-state index contributed by atoms with van der Waals surface area (Å²) in [6, 6.07) is 8.12. The summed E-state index contributed by atoms with van der Waals surface area (Å²) in [5.74, 6) is 0.918. The molecule has 3 heteroatoms. The Balaban J connectivity index is 1.82. The van der Waals surface area contributed by atoms with Crippen LogP contribution >= 0.6 is 0 Å². The second-order valence-corrected chi connectivity index (χ2v) is 4.40. The molecule has 1 fully saturated rings. The van der Waals surface area contributed by atoms with Gasteiger partial charge in [0.1, 0.15) is 12.4 Å². The van der Waals surface area contributed by atoms with E-state index in [1.54, 1.807) is 0 Å². The summed E-state index contributed by atoms with van der Waals surface area (Å²) in [6.45, 7) is 4.70. The Hall–Kier alpha value is -1.22. The summed E-state index contributed by atoms with van der Waals surface area (Å²) in [5, 5.41) is 3.35. The molecule has 1 aliphatic rings.